The number of amides is 5. The highest BCUT2D eigenvalue weighted by Crippen LogP contribution is 2.36. The quantitative estimate of drug-likeness (QED) is 0.304. The van der Waals surface area contributed by atoms with Gasteiger partial charge in [-0.2, -0.15) is 0 Å². The molecule has 1 unspecified atom stereocenters. The number of halogens is 1. The van der Waals surface area contributed by atoms with Crippen molar-refractivity contribution >= 4 is 35.2 Å². The van der Waals surface area contributed by atoms with E-state index in [4.69, 9.17) is 0 Å². The van der Waals surface area contributed by atoms with Gasteiger partial charge < -0.3 is 9.80 Å². The first-order valence-corrected chi connectivity index (χ1v) is 15.9. The lowest BCUT2D eigenvalue weighted by atomic mass is 9.87. The molecule has 3 fully saturated rings. The first-order chi connectivity index (χ1) is 21.7. The zero-order valence-electron chi connectivity index (χ0n) is 25.4. The number of carbonyl (C=O) groups excluding carboxylic acids is 5. The number of rotatable bonds is 8. The van der Waals surface area contributed by atoms with Crippen molar-refractivity contribution in [3.8, 4) is 0 Å². The van der Waals surface area contributed by atoms with Gasteiger partial charge in [0.15, 0.2) is 0 Å². The second-order valence-electron chi connectivity index (χ2n) is 12.4. The Hall–Kier alpha value is -4.16. The van der Waals surface area contributed by atoms with E-state index in [0.29, 0.717) is 23.6 Å². The molecule has 12 heteroatoms. The summed E-state index contributed by atoms with van der Waals surface area (Å²) in [6.45, 7) is 6.73. The number of likely N-dealkylation sites (tertiary alicyclic amines) is 1. The molecule has 4 aliphatic rings. The molecule has 1 atom stereocenters. The van der Waals surface area contributed by atoms with E-state index in [-0.39, 0.29) is 24.3 Å². The number of piperidine rings is 3. The molecule has 45 heavy (non-hydrogen) atoms. The maximum absolute atomic E-state index is 14.7. The maximum Gasteiger partial charge on any atom is 0.268 e. The Morgan fingerprint density at radius 2 is 1.71 bits per heavy atom. The van der Waals surface area contributed by atoms with Gasteiger partial charge in [0.05, 0.1) is 22.4 Å². The monoisotopic (exact) mass is 618 g/mol. The van der Waals surface area contributed by atoms with Crippen molar-refractivity contribution in [2.45, 2.75) is 57.4 Å². The lowest BCUT2D eigenvalue weighted by Gasteiger charge is -2.39. The van der Waals surface area contributed by atoms with E-state index in [2.05, 4.69) is 26.0 Å². The molecule has 2 aromatic rings. The van der Waals surface area contributed by atoms with Crippen molar-refractivity contribution in [1.29, 1.82) is 0 Å². The number of fused-ring (bicyclic) bond motifs is 1. The summed E-state index contributed by atoms with van der Waals surface area (Å²) in [7, 11) is 0. The molecule has 0 bridgehead atoms. The fraction of sp³-hybridized carbons (Fsp3) is 0.485. The number of imide groups is 2. The Morgan fingerprint density at radius 1 is 0.956 bits per heavy atom. The first kappa shape index (κ1) is 30.8. The molecule has 3 N–H and O–H groups in total. The molecule has 0 radical (unpaired) electrons. The van der Waals surface area contributed by atoms with Gasteiger partial charge in [-0.05, 0) is 86.9 Å². The lowest BCUT2D eigenvalue weighted by Crippen LogP contribution is -2.54. The summed E-state index contributed by atoms with van der Waals surface area (Å²) in [6, 6.07) is 9.23. The SMILES string of the molecule is CCNNC(=O)c1ccc(C2CCN(CC3CCN(c4cccc5c4C(=O)N(C4CCC(=O)NC4=O)C5=O)CC3)CC2)cc1F. The summed E-state index contributed by atoms with van der Waals surface area (Å²) in [6.07, 6.45) is 3.97. The first-order valence-electron chi connectivity index (χ1n) is 15.9. The smallest absolute Gasteiger partial charge is 0.268 e. The molecule has 0 spiro atoms. The van der Waals surface area contributed by atoms with Crippen molar-refractivity contribution in [2.24, 2.45) is 5.92 Å². The summed E-state index contributed by atoms with van der Waals surface area (Å²) in [5, 5.41) is 2.25. The average molecular weight is 619 g/mol. The van der Waals surface area contributed by atoms with Gasteiger partial charge in [0.1, 0.15) is 11.9 Å². The van der Waals surface area contributed by atoms with Crippen LogP contribution in [0.25, 0.3) is 0 Å². The van der Waals surface area contributed by atoms with Crippen molar-refractivity contribution < 1.29 is 28.4 Å². The Morgan fingerprint density at radius 3 is 2.40 bits per heavy atom. The van der Waals surface area contributed by atoms with Gasteiger partial charge in [-0.1, -0.05) is 19.1 Å². The second-order valence-corrected chi connectivity index (χ2v) is 12.4. The van der Waals surface area contributed by atoms with Crippen LogP contribution in [-0.2, 0) is 9.59 Å². The van der Waals surface area contributed by atoms with Gasteiger partial charge >= 0.3 is 0 Å². The Balaban J connectivity index is 1.02. The number of nitrogens with zero attached hydrogens (tertiary/aromatic N) is 3. The molecule has 6 rings (SSSR count). The minimum absolute atomic E-state index is 0.0338. The van der Waals surface area contributed by atoms with Crippen molar-refractivity contribution in [3.63, 3.8) is 0 Å². The minimum Gasteiger partial charge on any atom is -0.371 e. The third-order valence-electron chi connectivity index (χ3n) is 9.59. The van der Waals surface area contributed by atoms with Crippen LogP contribution in [0.15, 0.2) is 36.4 Å². The molecule has 0 saturated carbocycles. The van der Waals surface area contributed by atoms with Gasteiger partial charge in [-0.15, -0.1) is 0 Å². The number of nitrogens with one attached hydrogen (secondary N) is 3. The van der Waals surface area contributed by atoms with Gasteiger partial charge in [-0.25, -0.2) is 9.82 Å². The van der Waals surface area contributed by atoms with Crippen LogP contribution in [-0.4, -0.2) is 84.6 Å². The molecule has 238 valence electrons. The van der Waals surface area contributed by atoms with Crippen LogP contribution in [0.2, 0.25) is 0 Å². The summed E-state index contributed by atoms with van der Waals surface area (Å²) in [4.78, 5) is 68.6. The van der Waals surface area contributed by atoms with Crippen molar-refractivity contribution in [3.05, 3.63) is 64.5 Å². The van der Waals surface area contributed by atoms with Crippen LogP contribution in [0, 0.1) is 11.7 Å². The average Bonchev–Trinajstić information content (AvgIpc) is 3.30. The van der Waals surface area contributed by atoms with Gasteiger partial charge in [0.25, 0.3) is 17.7 Å². The number of hydrogen-bond donors (Lipinski definition) is 3. The van der Waals surface area contributed by atoms with Crippen LogP contribution >= 0.6 is 0 Å². The third kappa shape index (κ3) is 6.21. The predicted molar refractivity (Wildman–Crippen MR) is 164 cm³/mol. The number of anilines is 1. The Labute approximate surface area is 261 Å². The molecule has 0 aliphatic carbocycles. The number of hydrogen-bond acceptors (Lipinski definition) is 8. The molecule has 0 aromatic heterocycles. The van der Waals surface area contributed by atoms with Crippen molar-refractivity contribution in [2.75, 3.05) is 44.2 Å². The summed E-state index contributed by atoms with van der Waals surface area (Å²) >= 11 is 0. The van der Waals surface area contributed by atoms with Gasteiger partial charge in [0.2, 0.25) is 11.8 Å². The molecule has 5 amide bonds. The van der Waals surface area contributed by atoms with Crippen LogP contribution in [0.4, 0.5) is 10.1 Å². The van der Waals surface area contributed by atoms with Crippen molar-refractivity contribution in [1.82, 2.24) is 26.0 Å². The van der Waals surface area contributed by atoms with E-state index in [0.717, 1.165) is 74.6 Å². The van der Waals surface area contributed by atoms with Crippen LogP contribution in [0.5, 0.6) is 0 Å². The Kier molecular flexibility index (Phi) is 8.95. The van der Waals surface area contributed by atoms with E-state index < -0.39 is 41.4 Å². The highest BCUT2D eigenvalue weighted by atomic mass is 19.1. The molecular weight excluding hydrogens is 579 g/mol. The van der Waals surface area contributed by atoms with Gasteiger partial charge in [-0.3, -0.25) is 39.6 Å². The standard InChI is InChI=1S/C33H39FN6O5/c1-2-35-37-30(42)23-7-6-22(18-25(23)34)21-12-14-38(15-13-21)19-20-10-16-39(17-11-20)26-5-3-4-24-29(26)33(45)40(32(24)44)27-8-9-28(41)36-31(27)43/h3-7,18,20-21,27,35H,2,8-17,19H2,1H3,(H,37,42)(H,36,41,43). The normalized spacial score (nSPS) is 21.7. The minimum atomic E-state index is -0.981. The number of benzene rings is 2. The molecule has 4 heterocycles. The summed E-state index contributed by atoms with van der Waals surface area (Å²) < 4.78 is 14.7. The number of hydrazine groups is 1. The topological polar surface area (TPSA) is 131 Å². The zero-order chi connectivity index (χ0) is 31.7. The summed E-state index contributed by atoms with van der Waals surface area (Å²) in [5.74, 6) is -2.20. The maximum atomic E-state index is 14.7. The number of carbonyl (C=O) groups is 5. The van der Waals surface area contributed by atoms with E-state index in [1.807, 2.05) is 19.1 Å². The largest absolute Gasteiger partial charge is 0.371 e. The Bertz CT molecular complexity index is 1510. The van der Waals surface area contributed by atoms with E-state index in [1.165, 1.54) is 6.07 Å². The fourth-order valence-corrected chi connectivity index (χ4v) is 7.14. The second kappa shape index (κ2) is 13.1. The molecule has 4 aliphatic heterocycles. The molecule has 3 saturated heterocycles. The van der Waals surface area contributed by atoms with Gasteiger partial charge in [0, 0.05) is 32.6 Å². The van der Waals surface area contributed by atoms with Crippen LogP contribution in [0.3, 0.4) is 0 Å². The molecule has 2 aromatic carbocycles. The van der Waals surface area contributed by atoms with E-state index in [1.54, 1.807) is 18.2 Å². The fourth-order valence-electron chi connectivity index (χ4n) is 7.14. The molecule has 11 nitrogen and oxygen atoms in total. The predicted octanol–water partition coefficient (Wildman–Crippen LogP) is 2.58. The summed E-state index contributed by atoms with van der Waals surface area (Å²) in [5.41, 5.74) is 7.52. The third-order valence-corrected chi connectivity index (χ3v) is 9.59. The lowest BCUT2D eigenvalue weighted by molar-refractivity contribution is -0.136. The van der Waals surface area contributed by atoms with Crippen LogP contribution < -0.4 is 21.1 Å². The molecular formula is C33H39FN6O5. The van der Waals surface area contributed by atoms with E-state index in [9.17, 15) is 28.4 Å². The zero-order valence-corrected chi connectivity index (χ0v) is 25.4. The highest BCUT2D eigenvalue weighted by Gasteiger charge is 2.46. The highest BCUT2D eigenvalue weighted by molar-refractivity contribution is 6.25. The van der Waals surface area contributed by atoms with E-state index >= 15 is 0 Å². The van der Waals surface area contributed by atoms with Crippen LogP contribution in [0.1, 0.15) is 88.0 Å².